The highest BCUT2D eigenvalue weighted by molar-refractivity contribution is 6.18. The van der Waals surface area contributed by atoms with Crippen LogP contribution in [0.1, 0.15) is 23.0 Å². The number of benzene rings is 1. The summed E-state index contributed by atoms with van der Waals surface area (Å²) in [5.74, 6) is 0.686. The van der Waals surface area contributed by atoms with Crippen molar-refractivity contribution in [1.82, 2.24) is 0 Å². The zero-order valence-corrected chi connectivity index (χ0v) is 9.51. The van der Waals surface area contributed by atoms with E-state index in [1.54, 1.807) is 0 Å². The van der Waals surface area contributed by atoms with E-state index in [-0.39, 0.29) is 5.88 Å². The van der Waals surface area contributed by atoms with E-state index in [4.69, 9.17) is 16.0 Å². The fourth-order valence-electron chi connectivity index (χ4n) is 1.75. The minimum Gasteiger partial charge on any atom is -0.458 e. The van der Waals surface area contributed by atoms with E-state index in [1.807, 2.05) is 26.0 Å². The monoisotopic (exact) mass is 224 g/mol. The first-order valence-corrected chi connectivity index (χ1v) is 5.40. The lowest BCUT2D eigenvalue weighted by Crippen LogP contribution is -1.95. The Morgan fingerprint density at radius 2 is 2.07 bits per heavy atom. The Kier molecular flexibility index (Phi) is 2.72. The van der Waals surface area contributed by atoms with E-state index in [0.717, 1.165) is 22.1 Å². The first-order chi connectivity index (χ1) is 7.11. The summed E-state index contributed by atoms with van der Waals surface area (Å²) in [5.41, 5.74) is 3.12. The Balaban J connectivity index is 2.60. The van der Waals surface area contributed by atoms with Gasteiger partial charge in [0.2, 0.25) is 0 Å². The predicted octanol–water partition coefficient (Wildman–Crippen LogP) is 3.32. The number of aryl methyl sites for hydroxylation is 2. The molecule has 3 heteroatoms. The third kappa shape index (κ3) is 1.87. The SMILES string of the molecule is Cc1cc(C)c2cc(C(O)CCl)oc2c1. The van der Waals surface area contributed by atoms with Gasteiger partial charge in [-0.15, -0.1) is 11.6 Å². The molecule has 1 atom stereocenters. The van der Waals surface area contributed by atoms with Crippen LogP contribution < -0.4 is 0 Å². The van der Waals surface area contributed by atoms with Crippen molar-refractivity contribution in [3.63, 3.8) is 0 Å². The fourth-order valence-corrected chi connectivity index (χ4v) is 1.90. The number of furan rings is 1. The van der Waals surface area contributed by atoms with Crippen LogP contribution in [0.5, 0.6) is 0 Å². The van der Waals surface area contributed by atoms with Crippen molar-refractivity contribution in [2.45, 2.75) is 20.0 Å². The standard InChI is InChI=1S/C12H13ClO2/c1-7-3-8(2)9-5-12(10(14)6-13)15-11(9)4-7/h3-5,10,14H,6H2,1-2H3. The lowest BCUT2D eigenvalue weighted by Gasteiger charge is -1.99. The molecule has 0 saturated carbocycles. The second-order valence-electron chi connectivity index (χ2n) is 3.81. The summed E-state index contributed by atoms with van der Waals surface area (Å²) in [5, 5.41) is 10.6. The van der Waals surface area contributed by atoms with Gasteiger partial charge in [0.05, 0.1) is 5.88 Å². The number of halogens is 1. The molecule has 0 amide bonds. The molecular weight excluding hydrogens is 212 g/mol. The van der Waals surface area contributed by atoms with E-state index >= 15 is 0 Å². The smallest absolute Gasteiger partial charge is 0.135 e. The van der Waals surface area contributed by atoms with E-state index in [1.165, 1.54) is 0 Å². The van der Waals surface area contributed by atoms with E-state index < -0.39 is 6.10 Å². The van der Waals surface area contributed by atoms with Gasteiger partial charge in [0.15, 0.2) is 0 Å². The number of alkyl halides is 1. The van der Waals surface area contributed by atoms with Crippen molar-refractivity contribution in [2.24, 2.45) is 0 Å². The van der Waals surface area contributed by atoms with Crippen LogP contribution in [0.2, 0.25) is 0 Å². The second-order valence-corrected chi connectivity index (χ2v) is 4.12. The molecule has 2 nitrogen and oxygen atoms in total. The first kappa shape index (κ1) is 10.5. The van der Waals surface area contributed by atoms with Gasteiger partial charge >= 0.3 is 0 Å². The molecule has 0 saturated heterocycles. The van der Waals surface area contributed by atoms with Crippen LogP contribution in [0.15, 0.2) is 22.6 Å². The molecule has 0 radical (unpaired) electrons. The highest BCUT2D eigenvalue weighted by atomic mass is 35.5. The van der Waals surface area contributed by atoms with Crippen LogP contribution in [0, 0.1) is 13.8 Å². The van der Waals surface area contributed by atoms with Crippen molar-refractivity contribution in [2.75, 3.05) is 5.88 Å². The quantitative estimate of drug-likeness (QED) is 0.794. The molecule has 0 aliphatic heterocycles. The summed E-state index contributed by atoms with van der Waals surface area (Å²) >= 11 is 5.58. The van der Waals surface area contributed by atoms with Crippen LogP contribution in [-0.4, -0.2) is 11.0 Å². The summed E-state index contributed by atoms with van der Waals surface area (Å²) in [6.07, 6.45) is -0.723. The topological polar surface area (TPSA) is 33.4 Å². The first-order valence-electron chi connectivity index (χ1n) is 4.86. The number of hydrogen-bond donors (Lipinski definition) is 1. The van der Waals surface area contributed by atoms with Crippen molar-refractivity contribution in [1.29, 1.82) is 0 Å². The van der Waals surface area contributed by atoms with Gasteiger partial charge in [-0.05, 0) is 37.1 Å². The van der Waals surface area contributed by atoms with E-state index in [9.17, 15) is 5.11 Å². The molecule has 2 aromatic rings. The van der Waals surface area contributed by atoms with Gasteiger partial charge in [0.1, 0.15) is 17.4 Å². The minimum atomic E-state index is -0.723. The zero-order chi connectivity index (χ0) is 11.0. The molecular formula is C12H13ClO2. The molecule has 2 rings (SSSR count). The molecule has 0 bridgehead atoms. The molecule has 0 aliphatic carbocycles. The minimum absolute atomic E-state index is 0.151. The van der Waals surface area contributed by atoms with Crippen LogP contribution in [0.4, 0.5) is 0 Å². The number of aliphatic hydroxyl groups excluding tert-OH is 1. The number of aliphatic hydroxyl groups is 1. The maximum Gasteiger partial charge on any atom is 0.135 e. The molecule has 0 aliphatic rings. The predicted molar refractivity (Wildman–Crippen MR) is 61.4 cm³/mol. The van der Waals surface area contributed by atoms with Gasteiger partial charge in [-0.25, -0.2) is 0 Å². The van der Waals surface area contributed by atoms with Crippen LogP contribution in [0.3, 0.4) is 0 Å². The number of hydrogen-bond acceptors (Lipinski definition) is 2. The second kappa shape index (κ2) is 3.87. The molecule has 1 N–H and O–H groups in total. The third-order valence-corrected chi connectivity index (χ3v) is 2.77. The molecule has 1 unspecified atom stereocenters. The zero-order valence-electron chi connectivity index (χ0n) is 8.75. The molecule has 0 fully saturated rings. The largest absolute Gasteiger partial charge is 0.458 e. The highest BCUT2D eigenvalue weighted by Crippen LogP contribution is 2.27. The molecule has 0 spiro atoms. The van der Waals surface area contributed by atoms with Crippen molar-refractivity contribution in [3.8, 4) is 0 Å². The fraction of sp³-hybridized carbons (Fsp3) is 0.333. The van der Waals surface area contributed by atoms with Gasteiger partial charge in [0, 0.05) is 5.39 Å². The van der Waals surface area contributed by atoms with Gasteiger partial charge in [0.25, 0.3) is 0 Å². The Labute approximate surface area is 93.5 Å². The number of rotatable bonds is 2. The highest BCUT2D eigenvalue weighted by Gasteiger charge is 2.13. The summed E-state index contributed by atoms with van der Waals surface area (Å²) in [7, 11) is 0. The maximum atomic E-state index is 9.56. The Hall–Kier alpha value is -0.990. The molecule has 1 heterocycles. The lowest BCUT2D eigenvalue weighted by molar-refractivity contribution is 0.175. The summed E-state index contributed by atoms with van der Waals surface area (Å²) in [4.78, 5) is 0. The Morgan fingerprint density at radius 1 is 1.33 bits per heavy atom. The van der Waals surface area contributed by atoms with Crippen LogP contribution in [0.25, 0.3) is 11.0 Å². The van der Waals surface area contributed by atoms with Gasteiger partial charge in [-0.1, -0.05) is 6.07 Å². The number of fused-ring (bicyclic) bond motifs is 1. The van der Waals surface area contributed by atoms with Crippen molar-refractivity contribution < 1.29 is 9.52 Å². The molecule has 15 heavy (non-hydrogen) atoms. The molecule has 1 aromatic carbocycles. The maximum absolute atomic E-state index is 9.56. The Bertz CT molecular complexity index is 488. The Morgan fingerprint density at radius 3 is 2.73 bits per heavy atom. The van der Waals surface area contributed by atoms with Crippen molar-refractivity contribution in [3.05, 3.63) is 35.1 Å². The molecule has 80 valence electrons. The van der Waals surface area contributed by atoms with Crippen LogP contribution >= 0.6 is 11.6 Å². The third-order valence-electron chi connectivity index (χ3n) is 2.48. The van der Waals surface area contributed by atoms with Crippen LogP contribution in [-0.2, 0) is 0 Å². The van der Waals surface area contributed by atoms with Crippen molar-refractivity contribution >= 4 is 22.6 Å². The van der Waals surface area contributed by atoms with Gasteiger partial charge in [-0.3, -0.25) is 0 Å². The average molecular weight is 225 g/mol. The summed E-state index contributed by atoms with van der Waals surface area (Å²) in [6.45, 7) is 4.05. The molecule has 1 aromatic heterocycles. The van der Waals surface area contributed by atoms with Gasteiger partial charge in [-0.2, -0.15) is 0 Å². The normalized spacial score (nSPS) is 13.3. The van der Waals surface area contributed by atoms with Gasteiger partial charge < -0.3 is 9.52 Å². The van der Waals surface area contributed by atoms with E-state index in [2.05, 4.69) is 6.07 Å². The lowest BCUT2D eigenvalue weighted by atomic mass is 10.1. The summed E-state index contributed by atoms with van der Waals surface area (Å²) in [6, 6.07) is 5.92. The summed E-state index contributed by atoms with van der Waals surface area (Å²) < 4.78 is 5.55. The average Bonchev–Trinajstić information content (AvgIpc) is 2.60. The van der Waals surface area contributed by atoms with E-state index in [0.29, 0.717) is 5.76 Å².